The van der Waals surface area contributed by atoms with E-state index in [0.717, 1.165) is 19.6 Å². The molecule has 3 saturated heterocycles. The van der Waals surface area contributed by atoms with Crippen molar-refractivity contribution in [2.24, 2.45) is 11.8 Å². The summed E-state index contributed by atoms with van der Waals surface area (Å²) in [6, 6.07) is -0.601. The van der Waals surface area contributed by atoms with E-state index in [0.29, 0.717) is 45.3 Å². The van der Waals surface area contributed by atoms with Gasteiger partial charge in [0.1, 0.15) is 6.67 Å². The Kier molecular flexibility index (Phi) is 6.85. The zero-order valence-electron chi connectivity index (χ0n) is 20.6. The molecular formula is C22H38FN7O4S. The van der Waals surface area contributed by atoms with Crippen LogP contribution in [-0.2, 0) is 14.8 Å². The lowest BCUT2D eigenvalue weighted by Gasteiger charge is -2.49. The van der Waals surface area contributed by atoms with Crippen LogP contribution in [0, 0.1) is 11.8 Å². The van der Waals surface area contributed by atoms with Gasteiger partial charge in [0.2, 0.25) is 15.9 Å². The zero-order chi connectivity index (χ0) is 25.0. The number of nitrogens with one attached hydrogen (secondary N) is 3. The van der Waals surface area contributed by atoms with Crippen LogP contribution >= 0.6 is 0 Å². The van der Waals surface area contributed by atoms with E-state index in [9.17, 15) is 22.4 Å². The second-order valence-electron chi connectivity index (χ2n) is 11.1. The van der Waals surface area contributed by atoms with Gasteiger partial charge in [0.05, 0.1) is 29.4 Å². The Morgan fingerprint density at radius 3 is 2.54 bits per heavy atom. The summed E-state index contributed by atoms with van der Waals surface area (Å²) in [7, 11) is 0.160. The summed E-state index contributed by atoms with van der Waals surface area (Å²) in [5.41, 5.74) is 2.26. The second-order valence-corrected chi connectivity index (χ2v) is 13.1. The fourth-order valence-corrected chi connectivity index (χ4v) is 8.04. The highest BCUT2D eigenvalue weighted by Gasteiger charge is 2.53. The number of likely N-dealkylation sites (N-methyl/N-ethyl adjacent to an activating group) is 1. The fraction of sp³-hybridized carbons (Fsp3) is 0.909. The molecule has 0 aromatic heterocycles. The van der Waals surface area contributed by atoms with Crippen molar-refractivity contribution in [3.8, 4) is 0 Å². The number of imide groups is 1. The molecule has 13 heteroatoms. The predicted molar refractivity (Wildman–Crippen MR) is 127 cm³/mol. The quantitative estimate of drug-likeness (QED) is 0.382. The largest absolute Gasteiger partial charge is 0.327 e. The molecule has 35 heavy (non-hydrogen) atoms. The van der Waals surface area contributed by atoms with Crippen LogP contribution < -0.4 is 15.5 Å². The summed E-state index contributed by atoms with van der Waals surface area (Å²) >= 11 is 0. The van der Waals surface area contributed by atoms with Crippen LogP contribution in [0.3, 0.4) is 0 Å². The zero-order valence-corrected chi connectivity index (χ0v) is 21.4. The molecule has 2 aliphatic carbocycles. The lowest BCUT2D eigenvalue weighted by molar-refractivity contribution is -0.141. The molecule has 5 rings (SSSR count). The van der Waals surface area contributed by atoms with Crippen LogP contribution in [0.15, 0.2) is 0 Å². The number of alkyl halides is 1. The number of fused-ring (bicyclic) bond motifs is 1. The Labute approximate surface area is 206 Å². The molecule has 5 aliphatic rings. The number of urea groups is 1. The third-order valence-electron chi connectivity index (χ3n) is 8.50. The van der Waals surface area contributed by atoms with Gasteiger partial charge in [0, 0.05) is 51.7 Å². The number of carbonyl (C=O) groups is 2. The van der Waals surface area contributed by atoms with Crippen molar-refractivity contribution < 1.29 is 22.4 Å². The maximum atomic E-state index is 13.7. The highest BCUT2D eigenvalue weighted by Crippen LogP contribution is 2.41. The minimum Gasteiger partial charge on any atom is -0.318 e. The lowest BCUT2D eigenvalue weighted by atomic mass is 9.80. The minimum atomic E-state index is -3.78. The third kappa shape index (κ3) is 4.95. The standard InChI is InChI=1S/C22H38FN7O4S/c1-27-8-7-24-19(27)13-29-18-4-3-16(35(33,34)26-22(14-23)5-6-22)9-17(18)20(31)30(21(29)32)12-15-10-25-28(2)11-15/h15-19,24-26H,3-14H2,1-2H3. The number of rotatable bonds is 8. The fourth-order valence-electron chi connectivity index (χ4n) is 6.10. The Bertz CT molecular complexity index is 948. The molecular weight excluding hydrogens is 477 g/mol. The smallest absolute Gasteiger partial charge is 0.318 e. The van der Waals surface area contributed by atoms with E-state index >= 15 is 0 Å². The predicted octanol–water partition coefficient (Wildman–Crippen LogP) is -0.863. The molecule has 0 aromatic carbocycles. The van der Waals surface area contributed by atoms with Gasteiger partial charge in [-0.25, -0.2) is 27.3 Å². The molecule has 5 atom stereocenters. The average Bonchev–Trinajstić information content (AvgIpc) is 3.27. The third-order valence-corrected chi connectivity index (χ3v) is 10.5. The first-order valence-electron chi connectivity index (χ1n) is 12.7. The van der Waals surface area contributed by atoms with Crippen molar-refractivity contribution in [1.82, 2.24) is 35.2 Å². The van der Waals surface area contributed by atoms with Crippen molar-refractivity contribution in [3.05, 3.63) is 0 Å². The normalized spacial score (nSPS) is 36.1. The van der Waals surface area contributed by atoms with E-state index in [4.69, 9.17) is 0 Å². The number of amides is 3. The Balaban J connectivity index is 1.37. The molecule has 0 spiro atoms. The first kappa shape index (κ1) is 25.3. The SMILES string of the molecule is CN1CC(CN2C(=O)C3CC(S(=O)(=O)NC4(CF)CC4)CCC3N(CC3NCCN3C)C2=O)CN1. The van der Waals surface area contributed by atoms with Gasteiger partial charge in [-0.15, -0.1) is 0 Å². The molecule has 5 unspecified atom stereocenters. The van der Waals surface area contributed by atoms with Crippen molar-refractivity contribution in [3.63, 3.8) is 0 Å². The number of hydrogen-bond donors (Lipinski definition) is 3. The molecule has 0 radical (unpaired) electrons. The summed E-state index contributed by atoms with van der Waals surface area (Å²) in [6.07, 6.45) is 1.94. The topological polar surface area (TPSA) is 117 Å². The number of carbonyl (C=O) groups excluding carboxylic acids is 2. The lowest BCUT2D eigenvalue weighted by Crippen LogP contribution is -2.66. The van der Waals surface area contributed by atoms with E-state index in [1.807, 2.05) is 19.1 Å². The molecule has 3 heterocycles. The highest BCUT2D eigenvalue weighted by atomic mass is 32.2. The van der Waals surface area contributed by atoms with Crippen LogP contribution in [-0.4, -0.2) is 123 Å². The van der Waals surface area contributed by atoms with E-state index in [2.05, 4.69) is 20.4 Å². The number of sulfonamides is 1. The van der Waals surface area contributed by atoms with E-state index in [-0.39, 0.29) is 36.5 Å². The summed E-state index contributed by atoms with van der Waals surface area (Å²) in [6.45, 7) is 3.16. The number of nitrogens with zero attached hydrogens (tertiary/aromatic N) is 4. The molecule has 198 valence electrons. The highest BCUT2D eigenvalue weighted by molar-refractivity contribution is 7.90. The van der Waals surface area contributed by atoms with Gasteiger partial charge in [-0.3, -0.25) is 25.3 Å². The monoisotopic (exact) mass is 515 g/mol. The van der Waals surface area contributed by atoms with Crippen molar-refractivity contribution in [2.75, 3.05) is 60.0 Å². The summed E-state index contributed by atoms with van der Waals surface area (Å²) < 4.78 is 42.3. The Morgan fingerprint density at radius 2 is 1.94 bits per heavy atom. The molecule has 2 saturated carbocycles. The Hall–Kier alpha value is -1.38. The van der Waals surface area contributed by atoms with Crippen molar-refractivity contribution >= 4 is 22.0 Å². The molecule has 3 aliphatic heterocycles. The molecule has 11 nitrogen and oxygen atoms in total. The first-order chi connectivity index (χ1) is 16.6. The van der Waals surface area contributed by atoms with Crippen LogP contribution in [0.1, 0.15) is 32.1 Å². The molecule has 0 bridgehead atoms. The summed E-state index contributed by atoms with van der Waals surface area (Å²) in [4.78, 5) is 32.6. The number of hydrogen-bond acceptors (Lipinski definition) is 8. The van der Waals surface area contributed by atoms with Crippen molar-refractivity contribution in [1.29, 1.82) is 0 Å². The van der Waals surface area contributed by atoms with Crippen LogP contribution in [0.25, 0.3) is 0 Å². The number of halogens is 1. The summed E-state index contributed by atoms with van der Waals surface area (Å²) in [5, 5.41) is 4.61. The van der Waals surface area contributed by atoms with Crippen LogP contribution in [0.2, 0.25) is 0 Å². The van der Waals surface area contributed by atoms with Gasteiger partial charge in [-0.2, -0.15) is 0 Å². The molecule has 3 amide bonds. The first-order valence-corrected chi connectivity index (χ1v) is 14.3. The summed E-state index contributed by atoms with van der Waals surface area (Å²) in [5.74, 6) is -0.741. The van der Waals surface area contributed by atoms with Crippen LogP contribution in [0.4, 0.5) is 9.18 Å². The molecule has 3 N–H and O–H groups in total. The molecule has 0 aromatic rings. The minimum absolute atomic E-state index is 0.00339. The number of hydrazine groups is 1. The van der Waals surface area contributed by atoms with E-state index in [1.54, 1.807) is 4.90 Å². The van der Waals surface area contributed by atoms with Crippen LogP contribution in [0.5, 0.6) is 0 Å². The average molecular weight is 516 g/mol. The van der Waals surface area contributed by atoms with Gasteiger partial charge >= 0.3 is 6.03 Å². The van der Waals surface area contributed by atoms with Gasteiger partial charge in [0.15, 0.2) is 0 Å². The van der Waals surface area contributed by atoms with Gasteiger partial charge in [0.25, 0.3) is 0 Å². The maximum absolute atomic E-state index is 13.7. The van der Waals surface area contributed by atoms with E-state index in [1.165, 1.54) is 4.90 Å². The van der Waals surface area contributed by atoms with E-state index < -0.39 is 33.4 Å². The Morgan fingerprint density at radius 1 is 1.17 bits per heavy atom. The maximum Gasteiger partial charge on any atom is 0.327 e. The second kappa shape index (κ2) is 9.49. The van der Waals surface area contributed by atoms with Gasteiger partial charge < -0.3 is 4.90 Å². The van der Waals surface area contributed by atoms with Crippen molar-refractivity contribution in [2.45, 2.75) is 55.1 Å². The van der Waals surface area contributed by atoms with Gasteiger partial charge in [-0.05, 0) is 39.2 Å². The van der Waals surface area contributed by atoms with Gasteiger partial charge in [-0.1, -0.05) is 0 Å². The molecule has 5 fully saturated rings.